The lowest BCUT2D eigenvalue weighted by molar-refractivity contribution is 0.0386. The van der Waals surface area contributed by atoms with E-state index in [1.54, 1.807) is 0 Å². The van der Waals surface area contributed by atoms with Crippen LogP contribution in [0.25, 0.3) is 0 Å². The molecule has 0 aliphatic heterocycles. The van der Waals surface area contributed by atoms with E-state index < -0.39 is 0 Å². The molecule has 0 saturated carbocycles. The van der Waals surface area contributed by atoms with Gasteiger partial charge in [0.05, 0.1) is 25.5 Å². The van der Waals surface area contributed by atoms with Crippen molar-refractivity contribution in [2.45, 2.75) is 39.7 Å². The number of anilines is 1. The van der Waals surface area contributed by atoms with Crippen molar-refractivity contribution in [2.24, 2.45) is 0 Å². The van der Waals surface area contributed by atoms with Crippen LogP contribution >= 0.6 is 0 Å². The fraction of sp³-hybridized carbons (Fsp3) is 0.667. The Labute approximate surface area is 116 Å². The summed E-state index contributed by atoms with van der Waals surface area (Å²) in [5, 5.41) is 3.34. The van der Waals surface area contributed by atoms with Crippen LogP contribution in [0, 0.1) is 0 Å². The molecule has 1 aromatic rings. The van der Waals surface area contributed by atoms with Gasteiger partial charge in [0.1, 0.15) is 0 Å². The van der Waals surface area contributed by atoms with E-state index in [1.165, 1.54) is 6.42 Å². The summed E-state index contributed by atoms with van der Waals surface area (Å²) in [6.07, 6.45) is 5.21. The van der Waals surface area contributed by atoms with Gasteiger partial charge in [-0.2, -0.15) is 0 Å². The van der Waals surface area contributed by atoms with Gasteiger partial charge in [-0.05, 0) is 25.0 Å². The Bertz CT molecular complexity index is 332. The van der Waals surface area contributed by atoms with Gasteiger partial charge in [-0.3, -0.25) is 4.98 Å². The van der Waals surface area contributed by atoms with Crippen molar-refractivity contribution in [3.63, 3.8) is 0 Å². The zero-order valence-corrected chi connectivity index (χ0v) is 12.2. The Morgan fingerprint density at radius 1 is 1.11 bits per heavy atom. The average Bonchev–Trinajstić information content (AvgIpc) is 2.44. The molecule has 1 heterocycles. The minimum Gasteiger partial charge on any atom is -0.385 e. The first-order valence-corrected chi connectivity index (χ1v) is 7.21. The van der Waals surface area contributed by atoms with Crippen LogP contribution in [0.15, 0.2) is 18.3 Å². The number of unbranched alkanes of at least 4 members (excludes halogenated alkanes) is 1. The predicted octanol–water partition coefficient (Wildman–Crippen LogP) is 3.24. The van der Waals surface area contributed by atoms with Crippen LogP contribution in [0.4, 0.5) is 5.69 Å². The SMILES string of the molecule is CCCCOCCOCc1cc(NCCC)ccn1. The van der Waals surface area contributed by atoms with Crippen molar-refractivity contribution in [2.75, 3.05) is 31.7 Å². The minimum absolute atomic E-state index is 0.540. The number of ether oxygens (including phenoxy) is 2. The maximum absolute atomic E-state index is 5.54. The molecule has 1 rings (SSSR count). The maximum Gasteiger partial charge on any atom is 0.0889 e. The normalized spacial score (nSPS) is 10.6. The highest BCUT2D eigenvalue weighted by atomic mass is 16.5. The molecule has 0 fully saturated rings. The van der Waals surface area contributed by atoms with Gasteiger partial charge < -0.3 is 14.8 Å². The monoisotopic (exact) mass is 266 g/mol. The third kappa shape index (κ3) is 7.80. The zero-order valence-electron chi connectivity index (χ0n) is 12.2. The van der Waals surface area contributed by atoms with Gasteiger partial charge in [-0.1, -0.05) is 20.3 Å². The lowest BCUT2D eigenvalue weighted by Gasteiger charge is -2.08. The fourth-order valence-electron chi connectivity index (χ4n) is 1.58. The van der Waals surface area contributed by atoms with Crippen molar-refractivity contribution in [1.29, 1.82) is 0 Å². The second-order valence-corrected chi connectivity index (χ2v) is 4.48. The molecule has 0 saturated heterocycles. The zero-order chi connectivity index (χ0) is 13.8. The van der Waals surface area contributed by atoms with E-state index in [0.717, 1.165) is 37.4 Å². The van der Waals surface area contributed by atoms with Crippen LogP contribution < -0.4 is 5.32 Å². The second kappa shape index (κ2) is 10.8. The number of pyridine rings is 1. The molecule has 108 valence electrons. The third-order valence-electron chi connectivity index (χ3n) is 2.66. The van der Waals surface area contributed by atoms with Crippen LogP contribution in [0.5, 0.6) is 0 Å². The van der Waals surface area contributed by atoms with Gasteiger partial charge in [0.2, 0.25) is 0 Å². The van der Waals surface area contributed by atoms with E-state index in [2.05, 4.69) is 24.1 Å². The van der Waals surface area contributed by atoms with Gasteiger partial charge in [0.15, 0.2) is 0 Å². The Balaban J connectivity index is 2.14. The highest BCUT2D eigenvalue weighted by Crippen LogP contribution is 2.08. The van der Waals surface area contributed by atoms with Crippen molar-refractivity contribution in [1.82, 2.24) is 4.98 Å². The number of hydrogen-bond donors (Lipinski definition) is 1. The van der Waals surface area contributed by atoms with E-state index in [4.69, 9.17) is 9.47 Å². The van der Waals surface area contributed by atoms with Crippen LogP contribution in [-0.4, -0.2) is 31.3 Å². The van der Waals surface area contributed by atoms with E-state index in [0.29, 0.717) is 19.8 Å². The van der Waals surface area contributed by atoms with E-state index in [1.807, 2.05) is 18.3 Å². The summed E-state index contributed by atoms with van der Waals surface area (Å²) in [5.74, 6) is 0. The van der Waals surface area contributed by atoms with E-state index in [9.17, 15) is 0 Å². The highest BCUT2D eigenvalue weighted by Gasteiger charge is 1.97. The number of hydrogen-bond acceptors (Lipinski definition) is 4. The standard InChI is InChI=1S/C15H26N2O2/c1-3-5-9-18-10-11-19-13-15-12-14(6-8-17-15)16-7-4-2/h6,8,12H,3-5,7,9-11,13H2,1-2H3,(H,16,17). The molecule has 0 aromatic carbocycles. The number of rotatable bonds is 11. The Morgan fingerprint density at radius 3 is 2.74 bits per heavy atom. The Hall–Kier alpha value is -1.13. The van der Waals surface area contributed by atoms with E-state index >= 15 is 0 Å². The quantitative estimate of drug-likeness (QED) is 0.624. The van der Waals surface area contributed by atoms with Gasteiger partial charge >= 0.3 is 0 Å². The van der Waals surface area contributed by atoms with Crippen LogP contribution in [0.2, 0.25) is 0 Å². The molecule has 0 aliphatic rings. The molecule has 1 aromatic heterocycles. The number of aromatic nitrogens is 1. The van der Waals surface area contributed by atoms with Crippen LogP contribution in [0.3, 0.4) is 0 Å². The first kappa shape index (κ1) is 15.9. The molecule has 0 unspecified atom stereocenters. The molecule has 0 aliphatic carbocycles. The topological polar surface area (TPSA) is 43.4 Å². The summed E-state index contributed by atoms with van der Waals surface area (Å²) in [6.45, 7) is 7.94. The molecule has 0 amide bonds. The molecular weight excluding hydrogens is 240 g/mol. The van der Waals surface area contributed by atoms with Crippen molar-refractivity contribution in [3.05, 3.63) is 24.0 Å². The largest absolute Gasteiger partial charge is 0.385 e. The molecule has 0 radical (unpaired) electrons. The molecule has 4 nitrogen and oxygen atoms in total. The van der Waals surface area contributed by atoms with Gasteiger partial charge in [-0.15, -0.1) is 0 Å². The first-order valence-electron chi connectivity index (χ1n) is 7.21. The van der Waals surface area contributed by atoms with Crippen molar-refractivity contribution >= 4 is 5.69 Å². The number of nitrogens with zero attached hydrogens (tertiary/aromatic N) is 1. The maximum atomic E-state index is 5.54. The summed E-state index contributed by atoms with van der Waals surface area (Å²) in [7, 11) is 0. The molecule has 1 N–H and O–H groups in total. The minimum atomic E-state index is 0.540. The van der Waals surface area contributed by atoms with Gasteiger partial charge in [0, 0.05) is 25.0 Å². The fourth-order valence-corrected chi connectivity index (χ4v) is 1.58. The average molecular weight is 266 g/mol. The summed E-state index contributed by atoms with van der Waals surface area (Å²) < 4.78 is 11.0. The molecule has 4 heteroatoms. The lowest BCUT2D eigenvalue weighted by Crippen LogP contribution is -2.06. The van der Waals surface area contributed by atoms with Gasteiger partial charge in [0.25, 0.3) is 0 Å². The summed E-state index contributed by atoms with van der Waals surface area (Å²) in [4.78, 5) is 4.29. The first-order chi connectivity index (χ1) is 9.36. The summed E-state index contributed by atoms with van der Waals surface area (Å²) in [6, 6.07) is 4.01. The smallest absolute Gasteiger partial charge is 0.0889 e. The third-order valence-corrected chi connectivity index (χ3v) is 2.66. The summed E-state index contributed by atoms with van der Waals surface area (Å²) in [5.41, 5.74) is 2.06. The second-order valence-electron chi connectivity index (χ2n) is 4.48. The van der Waals surface area contributed by atoms with Crippen molar-refractivity contribution < 1.29 is 9.47 Å². The lowest BCUT2D eigenvalue weighted by atomic mass is 10.3. The predicted molar refractivity (Wildman–Crippen MR) is 78.4 cm³/mol. The van der Waals surface area contributed by atoms with Gasteiger partial charge in [-0.25, -0.2) is 0 Å². The molecule has 19 heavy (non-hydrogen) atoms. The van der Waals surface area contributed by atoms with Crippen molar-refractivity contribution in [3.8, 4) is 0 Å². The van der Waals surface area contributed by atoms with E-state index in [-0.39, 0.29) is 0 Å². The van der Waals surface area contributed by atoms with Crippen LogP contribution in [0.1, 0.15) is 38.8 Å². The Kier molecular flexibility index (Phi) is 9.02. The molecular formula is C15H26N2O2. The molecule has 0 bridgehead atoms. The highest BCUT2D eigenvalue weighted by molar-refractivity contribution is 5.42. The Morgan fingerprint density at radius 2 is 1.95 bits per heavy atom. The van der Waals surface area contributed by atoms with Crippen LogP contribution in [-0.2, 0) is 16.1 Å². The molecule has 0 spiro atoms. The summed E-state index contributed by atoms with van der Waals surface area (Å²) >= 11 is 0. The molecule has 0 atom stereocenters. The number of nitrogens with one attached hydrogen (secondary N) is 1.